The first-order chi connectivity index (χ1) is 9.25. The van der Waals surface area contributed by atoms with Crippen molar-refractivity contribution in [2.45, 2.75) is 0 Å². The van der Waals surface area contributed by atoms with Crippen LogP contribution in [0.4, 0.5) is 5.69 Å². The van der Waals surface area contributed by atoms with Crippen molar-refractivity contribution in [3.8, 4) is 0 Å². The van der Waals surface area contributed by atoms with Gasteiger partial charge < -0.3 is 5.32 Å². The number of carbonyl (C=O) groups excluding carboxylic acids is 1. The van der Waals surface area contributed by atoms with Crippen LogP contribution in [0.25, 0.3) is 10.9 Å². The summed E-state index contributed by atoms with van der Waals surface area (Å²) < 4.78 is 0. The third kappa shape index (κ3) is 2.15. The van der Waals surface area contributed by atoms with E-state index in [1.165, 1.54) is 0 Å². The molecule has 0 bridgehead atoms. The van der Waals surface area contributed by atoms with Gasteiger partial charge in [-0.1, -0.05) is 23.7 Å². The van der Waals surface area contributed by atoms with E-state index in [1.807, 2.05) is 0 Å². The van der Waals surface area contributed by atoms with Gasteiger partial charge in [0.15, 0.2) is 5.69 Å². The monoisotopic (exact) mass is 272 g/mol. The maximum atomic E-state index is 12.2. The van der Waals surface area contributed by atoms with Crippen molar-refractivity contribution in [2.75, 3.05) is 5.32 Å². The van der Waals surface area contributed by atoms with E-state index in [2.05, 4.69) is 20.5 Å². The molecule has 0 saturated heterocycles. The number of H-pyrrole nitrogens is 1. The topological polar surface area (TPSA) is 70.7 Å². The number of anilines is 1. The number of nitrogens with one attached hydrogen (secondary N) is 2. The molecule has 0 radical (unpaired) electrons. The summed E-state index contributed by atoms with van der Waals surface area (Å²) >= 11 is 5.99. The SMILES string of the molecule is O=C(Nc1ccccc1Cl)c1n[nH]c2ccncc12. The molecule has 1 amide bonds. The molecular formula is C13H9ClN4O. The standard InChI is InChI=1S/C13H9ClN4O/c14-9-3-1-2-4-11(9)16-13(19)12-8-7-15-6-5-10(8)17-18-12/h1-7H,(H,16,19)(H,17,18). The van der Waals surface area contributed by atoms with Crippen molar-refractivity contribution < 1.29 is 4.79 Å². The lowest BCUT2D eigenvalue weighted by Crippen LogP contribution is -2.13. The van der Waals surface area contributed by atoms with Crippen molar-refractivity contribution in [3.63, 3.8) is 0 Å². The normalized spacial score (nSPS) is 10.6. The number of nitrogens with zero attached hydrogens (tertiary/aromatic N) is 2. The van der Waals surface area contributed by atoms with Gasteiger partial charge in [-0.2, -0.15) is 5.10 Å². The zero-order chi connectivity index (χ0) is 13.2. The minimum atomic E-state index is -0.327. The number of halogens is 1. The van der Waals surface area contributed by atoms with Crippen LogP contribution in [0.2, 0.25) is 5.02 Å². The van der Waals surface area contributed by atoms with E-state index < -0.39 is 0 Å². The average molecular weight is 273 g/mol. The minimum absolute atomic E-state index is 0.294. The van der Waals surface area contributed by atoms with E-state index in [0.29, 0.717) is 21.8 Å². The first-order valence-corrected chi connectivity index (χ1v) is 5.97. The summed E-state index contributed by atoms with van der Waals surface area (Å²) in [5, 5.41) is 10.7. The molecule has 94 valence electrons. The van der Waals surface area contributed by atoms with Crippen molar-refractivity contribution in [3.05, 3.63) is 53.4 Å². The number of hydrogen-bond acceptors (Lipinski definition) is 3. The van der Waals surface area contributed by atoms with Crippen LogP contribution < -0.4 is 5.32 Å². The fourth-order valence-electron chi connectivity index (χ4n) is 1.77. The fourth-order valence-corrected chi connectivity index (χ4v) is 1.96. The highest BCUT2D eigenvalue weighted by molar-refractivity contribution is 6.34. The third-order valence-corrected chi connectivity index (χ3v) is 3.03. The Balaban J connectivity index is 1.95. The van der Waals surface area contributed by atoms with Crippen molar-refractivity contribution in [1.82, 2.24) is 15.2 Å². The van der Waals surface area contributed by atoms with Crippen LogP contribution >= 0.6 is 11.6 Å². The van der Waals surface area contributed by atoms with Gasteiger partial charge in [0.05, 0.1) is 21.6 Å². The fraction of sp³-hybridized carbons (Fsp3) is 0. The molecule has 0 unspecified atom stereocenters. The molecule has 0 saturated carbocycles. The Morgan fingerprint density at radius 3 is 2.95 bits per heavy atom. The molecule has 0 aliphatic rings. The number of carbonyl (C=O) groups is 1. The van der Waals surface area contributed by atoms with Crippen molar-refractivity contribution in [1.29, 1.82) is 0 Å². The third-order valence-electron chi connectivity index (χ3n) is 2.70. The quantitative estimate of drug-likeness (QED) is 0.753. The lowest BCUT2D eigenvalue weighted by Gasteiger charge is -2.04. The first kappa shape index (κ1) is 11.7. The van der Waals surface area contributed by atoms with Crippen LogP contribution in [0, 0.1) is 0 Å². The Morgan fingerprint density at radius 2 is 2.11 bits per heavy atom. The summed E-state index contributed by atoms with van der Waals surface area (Å²) in [5.41, 5.74) is 1.61. The summed E-state index contributed by atoms with van der Waals surface area (Å²) in [6, 6.07) is 8.79. The van der Waals surface area contributed by atoms with Gasteiger partial charge in [0.2, 0.25) is 0 Å². The predicted molar refractivity (Wildman–Crippen MR) is 73.3 cm³/mol. The largest absolute Gasteiger partial charge is 0.319 e. The first-order valence-electron chi connectivity index (χ1n) is 5.59. The van der Waals surface area contributed by atoms with Gasteiger partial charge in [-0.25, -0.2) is 0 Å². The maximum Gasteiger partial charge on any atom is 0.276 e. The molecule has 0 aliphatic carbocycles. The summed E-state index contributed by atoms with van der Waals surface area (Å²) in [7, 11) is 0. The number of para-hydroxylation sites is 1. The van der Waals surface area contributed by atoms with E-state index in [4.69, 9.17) is 11.6 Å². The number of rotatable bonds is 2. The van der Waals surface area contributed by atoms with Crippen molar-refractivity contribution in [2.24, 2.45) is 0 Å². The lowest BCUT2D eigenvalue weighted by atomic mass is 10.2. The van der Waals surface area contributed by atoms with E-state index in [0.717, 1.165) is 5.52 Å². The van der Waals surface area contributed by atoms with Gasteiger partial charge >= 0.3 is 0 Å². The van der Waals surface area contributed by atoms with E-state index in [9.17, 15) is 4.79 Å². The number of aromatic amines is 1. The van der Waals surface area contributed by atoms with Crippen LogP contribution in [0.3, 0.4) is 0 Å². The molecule has 1 aromatic carbocycles. The highest BCUT2D eigenvalue weighted by atomic mass is 35.5. The van der Waals surface area contributed by atoms with Gasteiger partial charge in [-0.3, -0.25) is 14.9 Å². The van der Waals surface area contributed by atoms with Crippen molar-refractivity contribution >= 4 is 34.1 Å². The average Bonchev–Trinajstić information content (AvgIpc) is 2.85. The second-order valence-electron chi connectivity index (χ2n) is 3.93. The summed E-state index contributed by atoms with van der Waals surface area (Å²) in [5.74, 6) is -0.327. The molecule has 2 N–H and O–H groups in total. The summed E-state index contributed by atoms with van der Waals surface area (Å²) in [6.07, 6.45) is 3.23. The Hall–Kier alpha value is -2.40. The van der Waals surface area contributed by atoms with E-state index in [-0.39, 0.29) is 5.91 Å². The molecule has 0 aliphatic heterocycles. The lowest BCUT2D eigenvalue weighted by molar-refractivity contribution is 0.102. The van der Waals surface area contributed by atoms with Gasteiger partial charge in [0, 0.05) is 12.4 Å². The highest BCUT2D eigenvalue weighted by Gasteiger charge is 2.15. The predicted octanol–water partition coefficient (Wildman–Crippen LogP) is 2.86. The van der Waals surface area contributed by atoms with Crippen LogP contribution in [-0.2, 0) is 0 Å². The molecule has 0 atom stereocenters. The molecule has 0 spiro atoms. The molecule has 3 rings (SSSR count). The number of fused-ring (bicyclic) bond motifs is 1. The summed E-state index contributed by atoms with van der Waals surface area (Å²) in [4.78, 5) is 16.1. The van der Waals surface area contributed by atoms with Crippen LogP contribution in [0.15, 0.2) is 42.7 Å². The zero-order valence-corrected chi connectivity index (χ0v) is 10.5. The van der Waals surface area contributed by atoms with Gasteiger partial charge in [0.25, 0.3) is 5.91 Å². The second-order valence-corrected chi connectivity index (χ2v) is 4.33. The van der Waals surface area contributed by atoms with E-state index >= 15 is 0 Å². The molecule has 6 heteroatoms. The molecule has 19 heavy (non-hydrogen) atoms. The Kier molecular flexibility index (Phi) is 2.89. The number of aromatic nitrogens is 3. The molecular weight excluding hydrogens is 264 g/mol. The Labute approximate surface area is 113 Å². The Bertz CT molecular complexity index is 753. The number of hydrogen-bond donors (Lipinski definition) is 2. The minimum Gasteiger partial charge on any atom is -0.319 e. The summed E-state index contributed by atoms with van der Waals surface area (Å²) in [6.45, 7) is 0. The molecule has 3 aromatic rings. The number of amides is 1. The maximum absolute atomic E-state index is 12.2. The number of benzene rings is 1. The molecule has 2 heterocycles. The molecule has 2 aromatic heterocycles. The van der Waals surface area contributed by atoms with Gasteiger partial charge in [-0.05, 0) is 18.2 Å². The number of pyridine rings is 1. The van der Waals surface area contributed by atoms with E-state index in [1.54, 1.807) is 42.7 Å². The zero-order valence-electron chi connectivity index (χ0n) is 9.72. The molecule has 0 fully saturated rings. The van der Waals surface area contributed by atoms with Crippen LogP contribution in [0.5, 0.6) is 0 Å². The molecule has 5 nitrogen and oxygen atoms in total. The van der Waals surface area contributed by atoms with Gasteiger partial charge in [-0.15, -0.1) is 0 Å². The highest BCUT2D eigenvalue weighted by Crippen LogP contribution is 2.22. The van der Waals surface area contributed by atoms with Gasteiger partial charge in [0.1, 0.15) is 0 Å². The van der Waals surface area contributed by atoms with Crippen LogP contribution in [0.1, 0.15) is 10.5 Å². The Morgan fingerprint density at radius 1 is 1.26 bits per heavy atom. The van der Waals surface area contributed by atoms with Crippen LogP contribution in [-0.4, -0.2) is 21.1 Å². The smallest absolute Gasteiger partial charge is 0.276 e. The second kappa shape index (κ2) is 4.70.